The van der Waals surface area contributed by atoms with Gasteiger partial charge in [0.1, 0.15) is 6.04 Å². The summed E-state index contributed by atoms with van der Waals surface area (Å²) in [6.45, 7) is 3.00. The number of fused-ring (bicyclic) bond motifs is 1. The molecule has 4 rings (SSSR count). The number of hydrogen-bond donors (Lipinski definition) is 1. The maximum atomic E-state index is 12.8. The Kier molecular flexibility index (Phi) is 4.96. The van der Waals surface area contributed by atoms with E-state index in [-0.39, 0.29) is 17.5 Å². The quantitative estimate of drug-likeness (QED) is 0.664. The van der Waals surface area contributed by atoms with Crippen molar-refractivity contribution >= 4 is 43.3 Å². The Morgan fingerprint density at radius 3 is 3.07 bits per heavy atom. The zero-order valence-electron chi connectivity index (χ0n) is 14.7. The molecule has 1 aliphatic rings. The third-order valence-corrected chi connectivity index (χ3v) is 5.96. The normalized spacial score (nSPS) is 16.8. The summed E-state index contributed by atoms with van der Waals surface area (Å²) >= 11 is 4.78. The van der Waals surface area contributed by atoms with Crippen molar-refractivity contribution in [2.45, 2.75) is 32.4 Å². The molecule has 140 valence electrons. The van der Waals surface area contributed by atoms with Crippen LogP contribution in [0.15, 0.2) is 39.6 Å². The highest BCUT2D eigenvalue weighted by Crippen LogP contribution is 2.29. The molecule has 2 aromatic heterocycles. The highest BCUT2D eigenvalue weighted by atomic mass is 79.9. The molecule has 0 unspecified atom stereocenters. The molecule has 0 radical (unpaired) electrons. The number of benzene rings is 1. The topological polar surface area (TPSA) is 79.6 Å². The van der Waals surface area contributed by atoms with Gasteiger partial charge < -0.3 is 10.2 Å². The van der Waals surface area contributed by atoms with Crippen LogP contribution in [0.1, 0.15) is 24.1 Å². The fourth-order valence-electron chi connectivity index (χ4n) is 3.25. The van der Waals surface area contributed by atoms with Crippen molar-refractivity contribution in [2.24, 2.45) is 0 Å². The Morgan fingerprint density at radius 2 is 2.26 bits per heavy atom. The van der Waals surface area contributed by atoms with Crippen LogP contribution >= 0.6 is 27.3 Å². The van der Waals surface area contributed by atoms with Gasteiger partial charge >= 0.3 is 0 Å². The highest BCUT2D eigenvalue weighted by Gasteiger charge is 2.33. The number of carbonyl (C=O) groups excluding carboxylic acids is 1. The Labute approximate surface area is 168 Å². The van der Waals surface area contributed by atoms with E-state index in [4.69, 9.17) is 0 Å². The van der Waals surface area contributed by atoms with Gasteiger partial charge in [0.15, 0.2) is 0 Å². The van der Waals surface area contributed by atoms with Gasteiger partial charge in [-0.15, -0.1) is 5.10 Å². The summed E-state index contributed by atoms with van der Waals surface area (Å²) in [6.07, 6.45) is 1.67. The number of anilines is 1. The Balaban J connectivity index is 1.52. The van der Waals surface area contributed by atoms with E-state index in [1.165, 1.54) is 21.9 Å². The number of nitrogens with zero attached hydrogens (tertiary/aromatic N) is 4. The maximum Gasteiger partial charge on any atom is 0.275 e. The van der Waals surface area contributed by atoms with Gasteiger partial charge in [-0.25, -0.2) is 4.98 Å². The monoisotopic (exact) mass is 447 g/mol. The van der Waals surface area contributed by atoms with Crippen molar-refractivity contribution in [3.63, 3.8) is 0 Å². The molecule has 1 aliphatic heterocycles. The second-order valence-corrected chi connectivity index (χ2v) is 8.36. The average Bonchev–Trinajstić information content (AvgIpc) is 3.26. The Bertz CT molecular complexity index is 1060. The lowest BCUT2D eigenvalue weighted by atomic mass is 10.2. The molecule has 3 aromatic rings. The summed E-state index contributed by atoms with van der Waals surface area (Å²) in [4.78, 5) is 31.7. The van der Waals surface area contributed by atoms with Gasteiger partial charge in [-0.2, -0.15) is 4.52 Å². The van der Waals surface area contributed by atoms with Crippen molar-refractivity contribution in [1.82, 2.24) is 19.9 Å². The number of amides is 1. The summed E-state index contributed by atoms with van der Waals surface area (Å²) in [5.41, 5.74) is 1.50. The summed E-state index contributed by atoms with van der Waals surface area (Å²) in [5, 5.41) is 8.07. The lowest BCUT2D eigenvalue weighted by Gasteiger charge is -2.22. The summed E-state index contributed by atoms with van der Waals surface area (Å²) < 4.78 is 2.29. The maximum absolute atomic E-state index is 12.8. The molecular formula is C18H18BrN5O2S. The lowest BCUT2D eigenvalue weighted by Crippen LogP contribution is -2.43. The van der Waals surface area contributed by atoms with E-state index < -0.39 is 0 Å². The number of rotatable bonds is 4. The van der Waals surface area contributed by atoms with Crippen LogP contribution in [-0.4, -0.2) is 33.1 Å². The molecule has 7 nitrogen and oxygen atoms in total. The van der Waals surface area contributed by atoms with Gasteiger partial charge in [-0.1, -0.05) is 39.4 Å². The van der Waals surface area contributed by atoms with E-state index >= 15 is 0 Å². The number of aryl methyl sites for hydroxylation is 1. The van der Waals surface area contributed by atoms with E-state index in [2.05, 4.69) is 31.3 Å². The van der Waals surface area contributed by atoms with Crippen LogP contribution in [0.25, 0.3) is 4.96 Å². The van der Waals surface area contributed by atoms with Crippen molar-refractivity contribution < 1.29 is 4.79 Å². The largest absolute Gasteiger partial charge is 0.350 e. The second-order valence-electron chi connectivity index (χ2n) is 6.51. The van der Waals surface area contributed by atoms with Gasteiger partial charge in [0.2, 0.25) is 16.0 Å². The standard InChI is InChI=1S/C18H18BrN5O2S/c1-11-8-15(25)24-17(21-11)27-18(22-24)23-7-3-6-14(23)16(26)20-10-12-4-2-5-13(19)9-12/h2,4-5,8-9,14H,3,6-7,10H2,1H3,(H,20,26)/t14-/m0/s1. The minimum absolute atomic E-state index is 0.0248. The number of halogens is 1. The first-order valence-corrected chi connectivity index (χ1v) is 10.3. The van der Waals surface area contributed by atoms with Crippen LogP contribution in [0, 0.1) is 6.92 Å². The molecule has 1 aromatic carbocycles. The van der Waals surface area contributed by atoms with Crippen molar-refractivity contribution in [3.05, 3.63) is 56.4 Å². The fraction of sp³-hybridized carbons (Fsp3) is 0.333. The molecule has 3 heterocycles. The van der Waals surface area contributed by atoms with Gasteiger partial charge in [0.25, 0.3) is 5.56 Å². The summed E-state index contributed by atoms with van der Waals surface area (Å²) in [7, 11) is 0. The predicted octanol–water partition coefficient (Wildman–Crippen LogP) is 2.51. The van der Waals surface area contributed by atoms with E-state index in [1.54, 1.807) is 6.92 Å². The predicted molar refractivity (Wildman–Crippen MR) is 108 cm³/mol. The molecule has 0 spiro atoms. The zero-order valence-corrected chi connectivity index (χ0v) is 17.1. The SMILES string of the molecule is Cc1cc(=O)n2nc(N3CCC[C@H]3C(=O)NCc3cccc(Br)c3)sc2n1. The van der Waals surface area contributed by atoms with Crippen molar-refractivity contribution in [3.8, 4) is 0 Å². The molecule has 1 saturated heterocycles. The molecule has 27 heavy (non-hydrogen) atoms. The van der Waals surface area contributed by atoms with Crippen molar-refractivity contribution in [2.75, 3.05) is 11.4 Å². The van der Waals surface area contributed by atoms with E-state index in [0.29, 0.717) is 22.3 Å². The molecule has 0 bridgehead atoms. The third-order valence-electron chi connectivity index (χ3n) is 4.52. The average molecular weight is 448 g/mol. The van der Waals surface area contributed by atoms with Crippen LogP contribution in [0.4, 0.5) is 5.13 Å². The molecule has 0 aliphatic carbocycles. The van der Waals surface area contributed by atoms with Gasteiger partial charge in [-0.05, 0) is 37.5 Å². The van der Waals surface area contributed by atoms with Crippen LogP contribution < -0.4 is 15.8 Å². The number of hydrogen-bond acceptors (Lipinski definition) is 6. The minimum Gasteiger partial charge on any atom is -0.350 e. The Hall–Kier alpha value is -2.26. The van der Waals surface area contributed by atoms with Crippen LogP contribution in [-0.2, 0) is 11.3 Å². The van der Waals surface area contributed by atoms with E-state index in [0.717, 1.165) is 29.4 Å². The first-order valence-electron chi connectivity index (χ1n) is 8.67. The molecular weight excluding hydrogens is 430 g/mol. The first-order chi connectivity index (χ1) is 13.0. The van der Waals surface area contributed by atoms with Gasteiger partial charge in [0.05, 0.1) is 0 Å². The zero-order chi connectivity index (χ0) is 19.0. The highest BCUT2D eigenvalue weighted by molar-refractivity contribution is 9.10. The third kappa shape index (κ3) is 3.74. The molecule has 1 atom stereocenters. The summed E-state index contributed by atoms with van der Waals surface area (Å²) in [6, 6.07) is 9.04. The molecule has 9 heteroatoms. The van der Waals surface area contributed by atoms with E-state index in [1.807, 2.05) is 29.2 Å². The van der Waals surface area contributed by atoms with Gasteiger partial charge in [0, 0.05) is 29.3 Å². The van der Waals surface area contributed by atoms with Gasteiger partial charge in [-0.3, -0.25) is 9.59 Å². The summed E-state index contributed by atoms with van der Waals surface area (Å²) in [5.74, 6) is -0.0248. The van der Waals surface area contributed by atoms with Crippen molar-refractivity contribution in [1.29, 1.82) is 0 Å². The molecule has 0 saturated carbocycles. The smallest absolute Gasteiger partial charge is 0.275 e. The second kappa shape index (κ2) is 7.40. The Morgan fingerprint density at radius 1 is 1.41 bits per heavy atom. The first kappa shape index (κ1) is 18.1. The minimum atomic E-state index is -0.283. The fourth-order valence-corrected chi connectivity index (χ4v) is 4.72. The van der Waals surface area contributed by atoms with Crippen LogP contribution in [0.2, 0.25) is 0 Å². The lowest BCUT2D eigenvalue weighted by molar-refractivity contribution is -0.122. The van der Waals surface area contributed by atoms with E-state index in [9.17, 15) is 9.59 Å². The molecule has 1 fully saturated rings. The number of nitrogens with one attached hydrogen (secondary N) is 1. The molecule has 1 amide bonds. The van der Waals surface area contributed by atoms with Crippen LogP contribution in [0.5, 0.6) is 0 Å². The molecule has 1 N–H and O–H groups in total. The van der Waals surface area contributed by atoms with Crippen LogP contribution in [0.3, 0.4) is 0 Å². The number of aromatic nitrogens is 3. The number of carbonyl (C=O) groups is 1.